The molecular formula is C50H63F2N3O2S4. The van der Waals surface area contributed by atoms with E-state index in [1.807, 2.05) is 31.2 Å². The highest BCUT2D eigenvalue weighted by molar-refractivity contribution is 7.27. The van der Waals surface area contributed by atoms with Crippen LogP contribution < -0.4 is 9.47 Å². The average Bonchev–Trinajstić information content (AvgIpc) is 4.11. The monoisotopic (exact) mass is 903 g/mol. The highest BCUT2D eigenvalue weighted by Gasteiger charge is 2.28. The molecule has 0 spiro atoms. The lowest BCUT2D eigenvalue weighted by molar-refractivity contribution is 0.307. The minimum absolute atomic E-state index is 0.179. The topological polar surface area (TPSA) is 49.2 Å². The average molecular weight is 904 g/mol. The molecule has 0 N–H and O–H groups in total. The predicted octanol–water partition coefficient (Wildman–Crippen LogP) is 17.7. The van der Waals surface area contributed by atoms with Crippen molar-refractivity contribution < 1.29 is 18.3 Å². The van der Waals surface area contributed by atoms with Crippen molar-refractivity contribution in [3.05, 3.63) is 57.8 Å². The van der Waals surface area contributed by atoms with Crippen LogP contribution in [0.1, 0.15) is 146 Å². The highest BCUT2D eigenvalue weighted by Crippen LogP contribution is 2.53. The zero-order valence-electron chi connectivity index (χ0n) is 36.9. The van der Waals surface area contributed by atoms with E-state index in [0.29, 0.717) is 40.5 Å². The molecule has 0 atom stereocenters. The normalized spacial score (nSPS) is 11.9. The summed E-state index contributed by atoms with van der Waals surface area (Å²) in [6.45, 7) is 12.8. The summed E-state index contributed by atoms with van der Waals surface area (Å²) in [6.07, 6.45) is 21.2. The number of unbranched alkanes of at least 4 members (excludes halogenated alkanes) is 15. The molecule has 0 saturated heterocycles. The van der Waals surface area contributed by atoms with Crippen molar-refractivity contribution in [3.8, 4) is 42.1 Å². The van der Waals surface area contributed by atoms with Crippen LogP contribution in [0.4, 0.5) is 8.78 Å². The van der Waals surface area contributed by atoms with E-state index in [-0.39, 0.29) is 11.1 Å². The Morgan fingerprint density at radius 3 is 1.52 bits per heavy atom. The molecule has 7 rings (SSSR count). The Bertz CT molecular complexity index is 2420. The van der Waals surface area contributed by atoms with Crippen LogP contribution in [0.15, 0.2) is 36.4 Å². The minimum Gasteiger partial charge on any atom is -0.491 e. The SMILES string of the molecule is CCCCCCCCOc1c2cc(-c3ccc(-c4c(F)c(F)c(-c5ccc(C)s5)c5nn(CCCCCCCC)nc45)s3)sc2c(OCCCCCCCC)c2cc(C)sc12. The number of aromatic nitrogens is 3. The molecule has 11 heteroatoms. The summed E-state index contributed by atoms with van der Waals surface area (Å²) in [4.78, 5) is 7.23. The Kier molecular flexibility index (Phi) is 16.7. The molecule has 61 heavy (non-hydrogen) atoms. The third-order valence-corrected chi connectivity index (χ3v) is 16.0. The predicted molar refractivity (Wildman–Crippen MR) is 261 cm³/mol. The molecule has 0 saturated carbocycles. The summed E-state index contributed by atoms with van der Waals surface area (Å²) in [7, 11) is 0. The third-order valence-electron chi connectivity index (χ3n) is 11.5. The van der Waals surface area contributed by atoms with Crippen molar-refractivity contribution in [2.75, 3.05) is 13.2 Å². The Balaban J connectivity index is 1.25. The molecule has 0 bridgehead atoms. The lowest BCUT2D eigenvalue weighted by Crippen LogP contribution is -2.02. The molecule has 0 amide bonds. The second-order valence-corrected chi connectivity index (χ2v) is 21.2. The summed E-state index contributed by atoms with van der Waals surface area (Å²) in [5.41, 5.74) is 1.19. The fraction of sp³-hybridized carbons (Fsp3) is 0.520. The molecule has 0 fully saturated rings. The first kappa shape index (κ1) is 45.6. The van der Waals surface area contributed by atoms with Crippen molar-refractivity contribution in [2.24, 2.45) is 0 Å². The Labute approximate surface area is 377 Å². The molecule has 0 aliphatic rings. The van der Waals surface area contributed by atoms with E-state index in [2.05, 4.69) is 39.8 Å². The molecule has 5 heterocycles. The van der Waals surface area contributed by atoms with Gasteiger partial charge >= 0.3 is 0 Å². The van der Waals surface area contributed by atoms with Crippen LogP contribution in [0.2, 0.25) is 0 Å². The van der Waals surface area contributed by atoms with Gasteiger partial charge in [-0.25, -0.2) is 8.78 Å². The van der Waals surface area contributed by atoms with Gasteiger partial charge in [0.1, 0.15) is 22.5 Å². The number of rotatable bonds is 26. The van der Waals surface area contributed by atoms with E-state index < -0.39 is 11.6 Å². The molecule has 0 radical (unpaired) electrons. The summed E-state index contributed by atoms with van der Waals surface area (Å²) in [5, 5.41) is 11.9. The van der Waals surface area contributed by atoms with Crippen molar-refractivity contribution in [2.45, 2.75) is 157 Å². The molecule has 5 aromatic heterocycles. The van der Waals surface area contributed by atoms with Crippen LogP contribution >= 0.6 is 45.3 Å². The van der Waals surface area contributed by atoms with E-state index in [0.717, 1.165) is 91.2 Å². The van der Waals surface area contributed by atoms with Crippen molar-refractivity contribution in [3.63, 3.8) is 0 Å². The first-order valence-electron chi connectivity index (χ1n) is 23.0. The number of benzene rings is 2. The summed E-state index contributed by atoms with van der Waals surface area (Å²) in [5.74, 6) is 0.108. The Morgan fingerprint density at radius 2 is 0.967 bits per heavy atom. The molecule has 7 aromatic rings. The van der Waals surface area contributed by atoms with Crippen LogP contribution in [0, 0.1) is 25.5 Å². The zero-order chi connectivity index (χ0) is 42.7. The second kappa shape index (κ2) is 22.3. The van der Waals surface area contributed by atoms with Gasteiger partial charge in [-0.05, 0) is 69.5 Å². The number of thiophene rings is 4. The molecule has 328 valence electrons. The molecule has 2 aromatic carbocycles. The summed E-state index contributed by atoms with van der Waals surface area (Å²) < 4.78 is 48.8. The quantitative estimate of drug-likeness (QED) is 0.0508. The maximum Gasteiger partial charge on any atom is 0.170 e. The molecule has 0 unspecified atom stereocenters. The number of nitrogens with zero attached hydrogens (tertiary/aromatic N) is 3. The number of halogens is 2. The smallest absolute Gasteiger partial charge is 0.170 e. The number of fused-ring (bicyclic) bond motifs is 3. The summed E-state index contributed by atoms with van der Waals surface area (Å²) in [6, 6.07) is 12.2. The van der Waals surface area contributed by atoms with Crippen LogP contribution in [-0.2, 0) is 6.54 Å². The molecule has 5 nitrogen and oxygen atoms in total. The van der Waals surface area contributed by atoms with Crippen LogP contribution in [-0.4, -0.2) is 28.2 Å². The van der Waals surface area contributed by atoms with E-state index in [9.17, 15) is 0 Å². The van der Waals surface area contributed by atoms with E-state index in [1.165, 1.54) is 98.2 Å². The number of hydrogen-bond acceptors (Lipinski definition) is 8. The number of hydrogen-bond donors (Lipinski definition) is 0. The van der Waals surface area contributed by atoms with Crippen molar-refractivity contribution in [1.29, 1.82) is 0 Å². The van der Waals surface area contributed by atoms with Gasteiger partial charge in [-0.3, -0.25) is 0 Å². The highest BCUT2D eigenvalue weighted by atomic mass is 32.1. The van der Waals surface area contributed by atoms with Crippen molar-refractivity contribution in [1.82, 2.24) is 15.0 Å². The maximum absolute atomic E-state index is 16.6. The third kappa shape index (κ3) is 10.9. The van der Waals surface area contributed by atoms with Crippen molar-refractivity contribution >= 4 is 76.6 Å². The molecular weight excluding hydrogens is 841 g/mol. The molecule has 0 aliphatic carbocycles. The van der Waals surface area contributed by atoms with Gasteiger partial charge in [0.25, 0.3) is 0 Å². The molecule has 0 aliphatic heterocycles. The first-order chi connectivity index (χ1) is 29.8. The van der Waals surface area contributed by atoms with Gasteiger partial charge < -0.3 is 9.47 Å². The number of ether oxygens (including phenoxy) is 2. The largest absolute Gasteiger partial charge is 0.491 e. The van der Waals surface area contributed by atoms with E-state index >= 15 is 8.78 Å². The fourth-order valence-corrected chi connectivity index (χ4v) is 12.4. The fourth-order valence-electron chi connectivity index (χ4n) is 8.21. The van der Waals surface area contributed by atoms with Crippen LogP contribution in [0.25, 0.3) is 61.8 Å². The van der Waals surface area contributed by atoms with Gasteiger partial charge in [-0.2, -0.15) is 15.0 Å². The first-order valence-corrected chi connectivity index (χ1v) is 26.3. The van der Waals surface area contributed by atoms with Gasteiger partial charge in [0.2, 0.25) is 0 Å². The van der Waals surface area contributed by atoms with Gasteiger partial charge in [-0.15, -0.1) is 45.3 Å². The summed E-state index contributed by atoms with van der Waals surface area (Å²) >= 11 is 6.38. The Hall–Kier alpha value is -3.38. The lowest BCUT2D eigenvalue weighted by Gasteiger charge is -2.14. The minimum atomic E-state index is -0.878. The maximum atomic E-state index is 16.6. The van der Waals surface area contributed by atoms with E-state index in [1.54, 1.807) is 27.5 Å². The van der Waals surface area contributed by atoms with Gasteiger partial charge in [0.15, 0.2) is 11.6 Å². The van der Waals surface area contributed by atoms with Gasteiger partial charge in [-0.1, -0.05) is 117 Å². The Morgan fingerprint density at radius 1 is 0.492 bits per heavy atom. The van der Waals surface area contributed by atoms with Crippen LogP contribution in [0.3, 0.4) is 0 Å². The lowest BCUT2D eigenvalue weighted by atomic mass is 10.0. The van der Waals surface area contributed by atoms with Crippen LogP contribution in [0.5, 0.6) is 11.5 Å². The second-order valence-electron chi connectivity index (χ2n) is 16.6. The van der Waals surface area contributed by atoms with Gasteiger partial charge in [0.05, 0.1) is 40.3 Å². The van der Waals surface area contributed by atoms with Gasteiger partial charge in [0, 0.05) is 40.0 Å². The zero-order valence-corrected chi connectivity index (χ0v) is 40.1. The standard InChI is InChI=1S/C50H63F2N3O2S4/c1-6-9-12-15-18-21-28-55-53-45-41(38-25-24-33(4)58-38)43(51)44(52)42(46(45)54-55)39-27-26-37(60-39)40-32-36-48(57-30-23-20-17-14-11-8-3)49-35(31-34(5)59-49)47(50(36)61-40)56-29-22-19-16-13-10-7-2/h24-27,31-32H,6-23,28-30H2,1-5H3. The van der Waals surface area contributed by atoms with E-state index in [4.69, 9.17) is 19.7 Å². The number of aryl methyl sites for hydroxylation is 3.